The number of hydrogen-bond donors (Lipinski definition) is 1. The molecule has 5 nitrogen and oxygen atoms in total. The second-order valence-corrected chi connectivity index (χ2v) is 14.5. The van der Waals surface area contributed by atoms with E-state index < -0.39 is 0 Å². The zero-order valence-electron chi connectivity index (χ0n) is 23.7. The van der Waals surface area contributed by atoms with Gasteiger partial charge in [-0.2, -0.15) is 0 Å². The van der Waals surface area contributed by atoms with Crippen molar-refractivity contribution in [2.45, 2.75) is 91.3 Å². The Labute approximate surface area is 213 Å². The fraction of sp³-hybridized carbons (Fsp3) is 0.900. The molecular formula is C30H50N2O3. The summed E-state index contributed by atoms with van der Waals surface area (Å²) in [4.78, 5) is 16.5. The highest BCUT2D eigenvalue weighted by Gasteiger charge is 2.82. The minimum Gasteiger partial charge on any atom is -0.465 e. The molecule has 5 aliphatic rings. The van der Waals surface area contributed by atoms with Crippen LogP contribution in [-0.2, 0) is 9.53 Å². The van der Waals surface area contributed by atoms with Gasteiger partial charge in [0, 0.05) is 30.3 Å². The number of carbonyl (C=O) groups is 1. The fourth-order valence-electron chi connectivity index (χ4n) is 11.0. The van der Waals surface area contributed by atoms with Gasteiger partial charge in [0.05, 0.1) is 12.7 Å². The second-order valence-electron chi connectivity index (χ2n) is 14.5. The minimum atomic E-state index is -0.239. The lowest BCUT2D eigenvalue weighted by molar-refractivity contribution is -0.154. The van der Waals surface area contributed by atoms with Crippen LogP contribution < -0.4 is 0 Å². The molecule has 0 heterocycles. The van der Waals surface area contributed by atoms with Crippen LogP contribution in [0.15, 0.2) is 12.2 Å². The van der Waals surface area contributed by atoms with Crippen molar-refractivity contribution < 1.29 is 14.6 Å². The lowest BCUT2D eigenvalue weighted by Crippen LogP contribution is -2.60. The average Bonchev–Trinajstić information content (AvgIpc) is 3.36. The third-order valence-electron chi connectivity index (χ3n) is 12.9. The Balaban J connectivity index is 1.55. The van der Waals surface area contributed by atoms with Gasteiger partial charge in [-0.3, -0.25) is 4.79 Å². The van der Waals surface area contributed by atoms with Crippen molar-refractivity contribution in [1.82, 2.24) is 9.80 Å². The molecule has 6 unspecified atom stereocenters. The van der Waals surface area contributed by atoms with Crippen LogP contribution in [0.3, 0.4) is 0 Å². The Morgan fingerprint density at radius 3 is 2.26 bits per heavy atom. The third-order valence-corrected chi connectivity index (χ3v) is 12.9. The first-order valence-electron chi connectivity index (χ1n) is 14.0. The Kier molecular flexibility index (Phi) is 5.73. The summed E-state index contributed by atoms with van der Waals surface area (Å²) in [6.45, 7) is 11.7. The number of nitrogens with zero attached hydrogens (tertiary/aromatic N) is 2. The van der Waals surface area contributed by atoms with Gasteiger partial charge in [0.1, 0.15) is 0 Å². The normalized spacial score (nSPS) is 53.0. The van der Waals surface area contributed by atoms with E-state index in [1.165, 1.54) is 39.0 Å². The minimum absolute atomic E-state index is 0.0861. The molecule has 198 valence electrons. The summed E-state index contributed by atoms with van der Waals surface area (Å²) < 4.78 is 5.76. The molecular weight excluding hydrogens is 436 g/mol. The van der Waals surface area contributed by atoms with E-state index in [1.54, 1.807) is 0 Å². The Bertz CT molecular complexity index is 917. The number of carbonyl (C=O) groups excluding carboxylic acids is 1. The van der Waals surface area contributed by atoms with E-state index in [-0.39, 0.29) is 28.3 Å². The van der Waals surface area contributed by atoms with Crippen LogP contribution in [0.5, 0.6) is 0 Å². The highest BCUT2D eigenvalue weighted by molar-refractivity contribution is 5.66. The molecule has 11 atom stereocenters. The van der Waals surface area contributed by atoms with Gasteiger partial charge in [-0.25, -0.2) is 0 Å². The molecule has 5 heteroatoms. The highest BCUT2D eigenvalue weighted by atomic mass is 16.5. The van der Waals surface area contributed by atoms with Crippen LogP contribution in [0.25, 0.3) is 0 Å². The molecule has 1 N–H and O–H groups in total. The Hall–Kier alpha value is -0.910. The molecule has 2 spiro atoms. The lowest BCUT2D eigenvalue weighted by Gasteiger charge is -2.62. The molecule has 4 saturated carbocycles. The lowest BCUT2D eigenvalue weighted by atomic mass is 9.43. The SMILES string of the molecule is CC(=O)OC[C@]1(C)C2C=C[C@@H]3C4(CC[C@]5(C)C(C(C)N(C)C)[C@H](O)CC35C)CC24CC[C@@H]1N(C)C. The molecule has 0 aromatic heterocycles. The van der Waals surface area contributed by atoms with Crippen molar-refractivity contribution in [3.05, 3.63) is 12.2 Å². The molecule has 5 aliphatic carbocycles. The number of ether oxygens (including phenoxy) is 1. The number of allylic oxidation sites excluding steroid dienone is 2. The standard InChI is InChI=1S/C30H50N2O3/c1-19(31(6)7)25-21(34)16-28(5)23-11-10-22-26(3,18-35-20(2)33)24(32(8)9)12-13-29(22)17-30(23,29)15-14-27(25,28)4/h10-11,19,21-25,34H,12-18H2,1-9H3/t19?,21-,22?,23+,24+,25?,26-,27-,28?,29?,30?/m1/s1. The molecule has 0 aromatic carbocycles. The largest absolute Gasteiger partial charge is 0.465 e. The van der Waals surface area contributed by atoms with E-state index >= 15 is 0 Å². The van der Waals surface area contributed by atoms with Crippen molar-refractivity contribution in [2.75, 3.05) is 34.8 Å². The summed E-state index contributed by atoms with van der Waals surface area (Å²) in [5.41, 5.74) is 0.807. The number of hydrogen-bond acceptors (Lipinski definition) is 5. The van der Waals surface area contributed by atoms with Gasteiger partial charge < -0.3 is 19.6 Å². The quantitative estimate of drug-likeness (QED) is 0.455. The molecule has 5 rings (SSSR count). The van der Waals surface area contributed by atoms with Crippen LogP contribution >= 0.6 is 0 Å². The van der Waals surface area contributed by atoms with E-state index in [4.69, 9.17) is 4.74 Å². The molecule has 35 heavy (non-hydrogen) atoms. The maximum absolute atomic E-state index is 11.9. The topological polar surface area (TPSA) is 53.0 Å². The maximum atomic E-state index is 11.9. The molecule has 0 aliphatic heterocycles. The van der Waals surface area contributed by atoms with Crippen molar-refractivity contribution in [3.8, 4) is 0 Å². The van der Waals surface area contributed by atoms with Crippen LogP contribution in [-0.4, -0.2) is 73.9 Å². The Morgan fingerprint density at radius 1 is 1.03 bits per heavy atom. The monoisotopic (exact) mass is 486 g/mol. The Morgan fingerprint density at radius 2 is 1.66 bits per heavy atom. The zero-order valence-corrected chi connectivity index (χ0v) is 23.7. The maximum Gasteiger partial charge on any atom is 0.302 e. The van der Waals surface area contributed by atoms with Gasteiger partial charge >= 0.3 is 5.97 Å². The average molecular weight is 487 g/mol. The first kappa shape index (κ1) is 25.7. The highest BCUT2D eigenvalue weighted by Crippen LogP contribution is 2.87. The molecule has 4 fully saturated rings. The number of aliphatic hydroxyl groups is 1. The summed E-state index contributed by atoms with van der Waals surface area (Å²) in [5, 5.41) is 11.5. The van der Waals surface area contributed by atoms with Crippen LogP contribution in [0, 0.1) is 44.8 Å². The van der Waals surface area contributed by atoms with Gasteiger partial charge in [0.25, 0.3) is 0 Å². The fourth-order valence-corrected chi connectivity index (χ4v) is 11.0. The number of aliphatic hydroxyl groups excluding tert-OH is 1. The number of fused-ring (bicyclic) bond motifs is 2. The van der Waals surface area contributed by atoms with E-state index in [0.29, 0.717) is 47.3 Å². The molecule has 0 radical (unpaired) electrons. The number of esters is 1. The van der Waals surface area contributed by atoms with Crippen molar-refractivity contribution >= 4 is 5.97 Å². The van der Waals surface area contributed by atoms with Crippen LogP contribution in [0.4, 0.5) is 0 Å². The van der Waals surface area contributed by atoms with E-state index in [9.17, 15) is 9.90 Å². The van der Waals surface area contributed by atoms with E-state index in [1.807, 2.05) is 0 Å². The summed E-state index contributed by atoms with van der Waals surface area (Å²) in [5.74, 6) is 1.09. The first-order chi connectivity index (χ1) is 16.2. The molecule has 0 saturated heterocycles. The van der Waals surface area contributed by atoms with Crippen LogP contribution in [0.2, 0.25) is 0 Å². The molecule has 0 bridgehead atoms. The van der Waals surface area contributed by atoms with Crippen LogP contribution in [0.1, 0.15) is 73.1 Å². The van der Waals surface area contributed by atoms with Gasteiger partial charge in [0.15, 0.2) is 0 Å². The van der Waals surface area contributed by atoms with Gasteiger partial charge in [-0.05, 0) is 107 Å². The van der Waals surface area contributed by atoms with Crippen molar-refractivity contribution in [3.63, 3.8) is 0 Å². The van der Waals surface area contributed by atoms with Gasteiger partial charge in [-0.15, -0.1) is 0 Å². The predicted octanol–water partition coefficient (Wildman–Crippen LogP) is 4.60. The second kappa shape index (κ2) is 7.80. The van der Waals surface area contributed by atoms with Crippen molar-refractivity contribution in [2.24, 2.45) is 44.8 Å². The van der Waals surface area contributed by atoms with Crippen molar-refractivity contribution in [1.29, 1.82) is 0 Å². The molecule has 0 amide bonds. The van der Waals surface area contributed by atoms with Gasteiger partial charge in [0.2, 0.25) is 0 Å². The van der Waals surface area contributed by atoms with E-state index in [2.05, 4.69) is 77.8 Å². The van der Waals surface area contributed by atoms with Gasteiger partial charge in [-0.1, -0.05) is 32.9 Å². The molecule has 0 aromatic rings. The summed E-state index contributed by atoms with van der Waals surface area (Å²) in [6, 6.07) is 0.765. The smallest absolute Gasteiger partial charge is 0.302 e. The first-order valence-corrected chi connectivity index (χ1v) is 14.0. The summed E-state index contributed by atoms with van der Waals surface area (Å²) >= 11 is 0. The third kappa shape index (κ3) is 3.07. The van der Waals surface area contributed by atoms with E-state index in [0.717, 1.165) is 6.42 Å². The zero-order chi connectivity index (χ0) is 25.8. The summed E-state index contributed by atoms with van der Waals surface area (Å²) in [6.07, 6.45) is 12.0. The predicted molar refractivity (Wildman–Crippen MR) is 140 cm³/mol. The summed E-state index contributed by atoms with van der Waals surface area (Å²) in [7, 11) is 8.70. The number of rotatable bonds is 5.